The molecule has 2 heterocycles. The van der Waals surface area contributed by atoms with Gasteiger partial charge in [-0.05, 0) is 88.2 Å². The molecule has 302 valence electrons. The van der Waals surface area contributed by atoms with Crippen molar-refractivity contribution in [1.82, 2.24) is 15.0 Å². The van der Waals surface area contributed by atoms with Crippen molar-refractivity contribution in [3.8, 4) is 67.5 Å². The number of anilines is 2. The fourth-order valence-corrected chi connectivity index (χ4v) is 9.65. The Morgan fingerprint density at radius 2 is 0.968 bits per heavy atom. The van der Waals surface area contributed by atoms with E-state index in [0.29, 0.717) is 17.5 Å². The molecule has 0 saturated carbocycles. The van der Waals surface area contributed by atoms with E-state index in [-0.39, 0.29) is 16.9 Å². The Balaban J connectivity index is 0.889. The minimum absolute atomic E-state index is 0.00249. The van der Waals surface area contributed by atoms with E-state index in [1.807, 2.05) is 36.4 Å². The molecule has 3 atom stereocenters. The quantitative estimate of drug-likeness (QED) is 0.153. The second-order valence-electron chi connectivity index (χ2n) is 17.3. The van der Waals surface area contributed by atoms with E-state index in [1.165, 1.54) is 33.6 Å². The van der Waals surface area contributed by atoms with Crippen LogP contribution in [0, 0.1) is 5.41 Å². The fraction of sp³-hybridized carbons (Fsp3) is 0.102. The molecule has 63 heavy (non-hydrogen) atoms. The Morgan fingerprint density at radius 3 is 1.62 bits per heavy atom. The summed E-state index contributed by atoms with van der Waals surface area (Å²) in [5, 5.41) is 0. The van der Waals surface area contributed by atoms with Crippen molar-refractivity contribution in [3.63, 3.8) is 0 Å². The molecule has 0 bridgehead atoms. The zero-order valence-electron chi connectivity index (χ0n) is 35.4. The number of nitrogens with zero attached hydrogens (tertiary/aromatic N) is 4. The lowest BCUT2D eigenvalue weighted by Gasteiger charge is -2.39. The van der Waals surface area contributed by atoms with Gasteiger partial charge in [-0.1, -0.05) is 201 Å². The van der Waals surface area contributed by atoms with Gasteiger partial charge in [0.15, 0.2) is 17.5 Å². The first-order valence-corrected chi connectivity index (χ1v) is 21.9. The highest BCUT2D eigenvalue weighted by atomic mass is 15.2. The van der Waals surface area contributed by atoms with Crippen LogP contribution in [-0.4, -0.2) is 21.0 Å². The van der Waals surface area contributed by atoms with Crippen LogP contribution < -0.4 is 4.90 Å². The first-order valence-electron chi connectivity index (χ1n) is 21.9. The standard InChI is InChI=1S/C59H46N4/c1-58(36-12-5-13-37-58)50-32-35-54-59(2,40-50)52-24-10-11-25-53(52)63(54)51-33-30-43(31-34-51)42-26-28-45(29-27-42)56-60-55(44-18-8-4-9-19-44)61-57(62-56)49-23-15-22-48(39-49)47-21-14-20-46(38-47)41-16-6-3-7-17-41/h3-36,38-40,54H,37H2,1-2H3. The van der Waals surface area contributed by atoms with E-state index in [0.717, 1.165) is 45.4 Å². The summed E-state index contributed by atoms with van der Waals surface area (Å²) < 4.78 is 0. The Bertz CT molecular complexity index is 3110. The predicted molar refractivity (Wildman–Crippen MR) is 260 cm³/mol. The zero-order chi connectivity index (χ0) is 42.4. The van der Waals surface area contributed by atoms with Crippen LogP contribution in [0.25, 0.3) is 67.5 Å². The van der Waals surface area contributed by atoms with Gasteiger partial charge in [-0.2, -0.15) is 0 Å². The molecule has 7 aromatic carbocycles. The number of benzene rings is 7. The van der Waals surface area contributed by atoms with Gasteiger partial charge in [0.05, 0.1) is 6.04 Å². The highest BCUT2D eigenvalue weighted by Crippen LogP contribution is 2.54. The molecule has 11 rings (SSSR count). The lowest BCUT2D eigenvalue weighted by molar-refractivity contribution is 0.487. The maximum atomic E-state index is 5.11. The van der Waals surface area contributed by atoms with Crippen LogP contribution >= 0.6 is 0 Å². The molecule has 0 N–H and O–H groups in total. The van der Waals surface area contributed by atoms with Gasteiger partial charge in [-0.15, -0.1) is 0 Å². The Morgan fingerprint density at radius 1 is 0.476 bits per heavy atom. The summed E-state index contributed by atoms with van der Waals surface area (Å²) >= 11 is 0. The number of fused-ring (bicyclic) bond motifs is 3. The monoisotopic (exact) mass is 810 g/mol. The molecule has 0 amide bonds. The molecule has 2 aliphatic carbocycles. The van der Waals surface area contributed by atoms with Crippen LogP contribution in [0.4, 0.5) is 11.4 Å². The number of rotatable bonds is 8. The van der Waals surface area contributed by atoms with Crippen molar-refractivity contribution < 1.29 is 0 Å². The predicted octanol–water partition coefficient (Wildman–Crippen LogP) is 14.7. The largest absolute Gasteiger partial charge is 0.333 e. The van der Waals surface area contributed by atoms with Crippen molar-refractivity contribution >= 4 is 11.4 Å². The van der Waals surface area contributed by atoms with Crippen LogP contribution in [0.5, 0.6) is 0 Å². The maximum absolute atomic E-state index is 5.11. The van der Waals surface area contributed by atoms with Crippen LogP contribution in [0.1, 0.15) is 25.8 Å². The third-order valence-corrected chi connectivity index (χ3v) is 13.2. The van der Waals surface area contributed by atoms with Crippen molar-refractivity contribution in [1.29, 1.82) is 0 Å². The first-order chi connectivity index (χ1) is 30.9. The number of hydrogen-bond donors (Lipinski definition) is 0. The van der Waals surface area contributed by atoms with Gasteiger partial charge in [-0.3, -0.25) is 0 Å². The summed E-state index contributed by atoms with van der Waals surface area (Å²) in [7, 11) is 0. The summed E-state index contributed by atoms with van der Waals surface area (Å²) in [6.45, 7) is 4.76. The normalized spacial score (nSPS) is 19.7. The van der Waals surface area contributed by atoms with Crippen molar-refractivity contribution in [3.05, 3.63) is 236 Å². The molecule has 1 aliphatic heterocycles. The smallest absolute Gasteiger partial charge is 0.164 e. The molecule has 3 unspecified atom stereocenters. The van der Waals surface area contributed by atoms with Gasteiger partial charge in [-0.25, -0.2) is 15.0 Å². The molecule has 1 aromatic heterocycles. The van der Waals surface area contributed by atoms with Gasteiger partial charge in [0.2, 0.25) is 0 Å². The highest BCUT2D eigenvalue weighted by molar-refractivity contribution is 5.80. The minimum Gasteiger partial charge on any atom is -0.333 e. The lowest BCUT2D eigenvalue weighted by atomic mass is 9.67. The Hall–Kier alpha value is -7.69. The van der Waals surface area contributed by atoms with Crippen LogP contribution in [-0.2, 0) is 5.41 Å². The van der Waals surface area contributed by atoms with Crippen molar-refractivity contribution in [2.75, 3.05) is 4.90 Å². The van der Waals surface area contributed by atoms with Crippen LogP contribution in [0.15, 0.2) is 230 Å². The average molecular weight is 811 g/mol. The molecule has 0 saturated heterocycles. The van der Waals surface area contributed by atoms with Gasteiger partial charge < -0.3 is 4.90 Å². The molecular weight excluding hydrogens is 765 g/mol. The lowest BCUT2D eigenvalue weighted by Crippen LogP contribution is -2.41. The summed E-state index contributed by atoms with van der Waals surface area (Å²) in [5.74, 6) is 1.91. The number of para-hydroxylation sites is 1. The molecule has 0 fully saturated rings. The third kappa shape index (κ3) is 7.04. The first kappa shape index (κ1) is 38.2. The highest BCUT2D eigenvalue weighted by Gasteiger charge is 2.48. The van der Waals surface area contributed by atoms with E-state index in [9.17, 15) is 0 Å². The van der Waals surface area contributed by atoms with E-state index in [4.69, 9.17) is 15.0 Å². The molecular formula is C59H46N4. The summed E-state index contributed by atoms with van der Waals surface area (Å²) in [4.78, 5) is 17.7. The molecule has 0 radical (unpaired) electrons. The topological polar surface area (TPSA) is 41.9 Å². The summed E-state index contributed by atoms with van der Waals surface area (Å²) in [5.41, 5.74) is 14.8. The minimum atomic E-state index is -0.153. The zero-order valence-corrected chi connectivity index (χ0v) is 35.4. The SMILES string of the molecule is CC1(C2=CC3(C)c4ccccc4N(c4ccc(-c5ccc(-c6nc(-c7ccccc7)nc(-c7cccc(-c8cccc(-c9ccccc9)c8)c7)n6)cc5)cc4)C3C=C2)C=CC=CC1. The molecule has 8 aromatic rings. The van der Waals surface area contributed by atoms with Crippen molar-refractivity contribution in [2.45, 2.75) is 31.7 Å². The molecule has 4 heteroatoms. The second-order valence-corrected chi connectivity index (χ2v) is 17.3. The van der Waals surface area contributed by atoms with Crippen molar-refractivity contribution in [2.24, 2.45) is 5.41 Å². The fourth-order valence-electron chi connectivity index (χ4n) is 9.65. The van der Waals surface area contributed by atoms with E-state index >= 15 is 0 Å². The number of hydrogen-bond acceptors (Lipinski definition) is 4. The average Bonchev–Trinajstić information content (AvgIpc) is 3.62. The van der Waals surface area contributed by atoms with Gasteiger partial charge in [0.25, 0.3) is 0 Å². The van der Waals surface area contributed by atoms with E-state index in [2.05, 4.69) is 207 Å². The van der Waals surface area contributed by atoms with Gasteiger partial charge in [0, 0.05) is 38.9 Å². The molecule has 0 spiro atoms. The Kier molecular flexibility index (Phi) is 9.50. The van der Waals surface area contributed by atoms with Gasteiger partial charge in [0.1, 0.15) is 0 Å². The maximum Gasteiger partial charge on any atom is 0.164 e. The second kappa shape index (κ2) is 15.6. The van der Waals surface area contributed by atoms with E-state index < -0.39 is 0 Å². The van der Waals surface area contributed by atoms with Crippen LogP contribution in [0.2, 0.25) is 0 Å². The van der Waals surface area contributed by atoms with Gasteiger partial charge >= 0.3 is 0 Å². The van der Waals surface area contributed by atoms with Crippen LogP contribution in [0.3, 0.4) is 0 Å². The third-order valence-electron chi connectivity index (χ3n) is 13.2. The molecule has 4 nitrogen and oxygen atoms in total. The summed E-state index contributed by atoms with van der Waals surface area (Å²) in [6.07, 6.45) is 17.3. The number of allylic oxidation sites excluding steroid dienone is 6. The van der Waals surface area contributed by atoms with E-state index in [1.54, 1.807) is 0 Å². The number of aromatic nitrogens is 3. The Labute approximate surface area is 370 Å². The molecule has 3 aliphatic rings. The summed E-state index contributed by atoms with van der Waals surface area (Å²) in [6, 6.07) is 64.5.